The smallest absolute Gasteiger partial charge is 0.150 e. The zero-order valence-electron chi connectivity index (χ0n) is 9.83. The van der Waals surface area contributed by atoms with Crippen LogP contribution in [0.4, 0.5) is 0 Å². The third-order valence-corrected chi connectivity index (χ3v) is 4.95. The Bertz CT molecular complexity index is 254. The van der Waals surface area contributed by atoms with Crippen LogP contribution in [0.1, 0.15) is 39.5 Å². The van der Waals surface area contributed by atoms with E-state index in [0.29, 0.717) is 23.5 Å². The SMILES string of the molecule is CCCC(NCC)C1CCS(=O)(=O)CC1. The Hall–Kier alpha value is -0.0900. The summed E-state index contributed by atoms with van der Waals surface area (Å²) in [6.07, 6.45) is 4.03. The number of sulfone groups is 1. The first-order valence-corrected chi connectivity index (χ1v) is 7.85. The summed E-state index contributed by atoms with van der Waals surface area (Å²) in [6.45, 7) is 5.28. The summed E-state index contributed by atoms with van der Waals surface area (Å²) in [5, 5.41) is 3.49. The standard InChI is InChI=1S/C11H23NO2S/c1-3-5-11(12-4-2)10-6-8-15(13,14)9-7-10/h10-12H,3-9H2,1-2H3. The molecule has 1 aliphatic rings. The Morgan fingerprint density at radius 1 is 1.27 bits per heavy atom. The molecule has 0 bridgehead atoms. The van der Waals surface area contributed by atoms with Gasteiger partial charge in [-0.05, 0) is 31.7 Å². The van der Waals surface area contributed by atoms with Gasteiger partial charge in [-0.3, -0.25) is 0 Å². The molecule has 0 spiro atoms. The molecule has 90 valence electrons. The highest BCUT2D eigenvalue weighted by atomic mass is 32.2. The lowest BCUT2D eigenvalue weighted by molar-refractivity contribution is 0.314. The van der Waals surface area contributed by atoms with Crippen LogP contribution >= 0.6 is 0 Å². The minimum atomic E-state index is -2.71. The summed E-state index contributed by atoms with van der Waals surface area (Å²) in [5.41, 5.74) is 0. The first-order valence-electron chi connectivity index (χ1n) is 6.03. The molecule has 0 saturated carbocycles. The summed E-state index contributed by atoms with van der Waals surface area (Å²) >= 11 is 0. The van der Waals surface area contributed by atoms with Crippen molar-refractivity contribution >= 4 is 9.84 Å². The van der Waals surface area contributed by atoms with E-state index in [2.05, 4.69) is 19.2 Å². The molecule has 0 radical (unpaired) electrons. The summed E-state index contributed by atoms with van der Waals surface area (Å²) in [7, 11) is -2.71. The maximum Gasteiger partial charge on any atom is 0.150 e. The molecule has 0 aromatic carbocycles. The first kappa shape index (κ1) is 13.0. The Morgan fingerprint density at radius 3 is 2.33 bits per heavy atom. The van der Waals surface area contributed by atoms with E-state index in [1.807, 2.05) is 0 Å². The zero-order valence-corrected chi connectivity index (χ0v) is 10.6. The second-order valence-corrected chi connectivity index (χ2v) is 6.75. The molecule has 1 saturated heterocycles. The van der Waals surface area contributed by atoms with Crippen LogP contribution < -0.4 is 5.32 Å². The van der Waals surface area contributed by atoms with Crippen LogP contribution in [0.3, 0.4) is 0 Å². The molecule has 3 nitrogen and oxygen atoms in total. The summed E-state index contributed by atoms with van der Waals surface area (Å²) < 4.78 is 22.6. The number of hydrogen-bond donors (Lipinski definition) is 1. The molecular weight excluding hydrogens is 210 g/mol. The molecule has 0 aromatic heterocycles. The topological polar surface area (TPSA) is 46.2 Å². The van der Waals surface area contributed by atoms with E-state index in [9.17, 15) is 8.42 Å². The Balaban J connectivity index is 2.48. The van der Waals surface area contributed by atoms with Gasteiger partial charge in [0.05, 0.1) is 11.5 Å². The highest BCUT2D eigenvalue weighted by Crippen LogP contribution is 2.24. The minimum absolute atomic E-state index is 0.392. The molecule has 1 atom stereocenters. The van der Waals surface area contributed by atoms with Gasteiger partial charge in [-0.2, -0.15) is 0 Å². The lowest BCUT2D eigenvalue weighted by Crippen LogP contribution is -2.40. The fourth-order valence-electron chi connectivity index (χ4n) is 2.39. The van der Waals surface area contributed by atoms with Gasteiger partial charge < -0.3 is 5.32 Å². The molecule has 1 fully saturated rings. The Labute approximate surface area is 93.6 Å². The normalized spacial score (nSPS) is 23.9. The largest absolute Gasteiger partial charge is 0.314 e. The highest BCUT2D eigenvalue weighted by Gasteiger charge is 2.28. The van der Waals surface area contributed by atoms with Gasteiger partial charge in [-0.25, -0.2) is 8.42 Å². The highest BCUT2D eigenvalue weighted by molar-refractivity contribution is 7.91. The molecule has 1 rings (SSSR count). The van der Waals surface area contributed by atoms with Gasteiger partial charge in [-0.15, -0.1) is 0 Å². The van der Waals surface area contributed by atoms with Crippen molar-refractivity contribution < 1.29 is 8.42 Å². The fraction of sp³-hybridized carbons (Fsp3) is 1.00. The lowest BCUT2D eigenvalue weighted by atomic mass is 9.90. The van der Waals surface area contributed by atoms with Gasteiger partial charge in [0.25, 0.3) is 0 Å². The summed E-state index contributed by atoms with van der Waals surface area (Å²) in [6, 6.07) is 0.524. The minimum Gasteiger partial charge on any atom is -0.314 e. The second kappa shape index (κ2) is 5.85. The van der Waals surface area contributed by atoms with E-state index < -0.39 is 9.84 Å². The van der Waals surface area contributed by atoms with Gasteiger partial charge >= 0.3 is 0 Å². The van der Waals surface area contributed by atoms with E-state index in [-0.39, 0.29) is 0 Å². The third kappa shape index (κ3) is 4.11. The fourth-order valence-corrected chi connectivity index (χ4v) is 3.92. The summed E-state index contributed by atoms with van der Waals surface area (Å²) in [4.78, 5) is 0. The average Bonchev–Trinajstić information content (AvgIpc) is 2.18. The van der Waals surface area contributed by atoms with Crippen LogP contribution in [-0.4, -0.2) is 32.5 Å². The number of nitrogens with one attached hydrogen (secondary N) is 1. The van der Waals surface area contributed by atoms with E-state index in [0.717, 1.165) is 19.4 Å². The van der Waals surface area contributed by atoms with Crippen molar-refractivity contribution in [3.63, 3.8) is 0 Å². The van der Waals surface area contributed by atoms with Crippen molar-refractivity contribution in [2.75, 3.05) is 18.1 Å². The molecule has 1 N–H and O–H groups in total. The maximum atomic E-state index is 11.3. The predicted molar refractivity (Wildman–Crippen MR) is 63.8 cm³/mol. The van der Waals surface area contributed by atoms with Gasteiger partial charge in [0.2, 0.25) is 0 Å². The van der Waals surface area contributed by atoms with Crippen molar-refractivity contribution in [3.05, 3.63) is 0 Å². The van der Waals surface area contributed by atoms with Crippen LogP contribution in [0.2, 0.25) is 0 Å². The van der Waals surface area contributed by atoms with E-state index in [1.165, 1.54) is 12.8 Å². The van der Waals surface area contributed by atoms with Gasteiger partial charge in [0.1, 0.15) is 9.84 Å². The molecule has 1 heterocycles. The quantitative estimate of drug-likeness (QED) is 0.784. The van der Waals surface area contributed by atoms with Crippen LogP contribution in [-0.2, 0) is 9.84 Å². The van der Waals surface area contributed by atoms with Crippen LogP contribution in [0.25, 0.3) is 0 Å². The van der Waals surface area contributed by atoms with Crippen LogP contribution in [0.15, 0.2) is 0 Å². The first-order chi connectivity index (χ1) is 7.09. The Morgan fingerprint density at radius 2 is 1.87 bits per heavy atom. The Kier molecular flexibility index (Phi) is 5.06. The van der Waals surface area contributed by atoms with Crippen molar-refractivity contribution in [2.45, 2.75) is 45.6 Å². The van der Waals surface area contributed by atoms with Crippen LogP contribution in [0.5, 0.6) is 0 Å². The number of rotatable bonds is 5. The maximum absolute atomic E-state index is 11.3. The third-order valence-electron chi connectivity index (χ3n) is 3.23. The monoisotopic (exact) mass is 233 g/mol. The average molecular weight is 233 g/mol. The zero-order chi connectivity index (χ0) is 11.3. The second-order valence-electron chi connectivity index (χ2n) is 4.44. The van der Waals surface area contributed by atoms with Gasteiger partial charge in [0.15, 0.2) is 0 Å². The van der Waals surface area contributed by atoms with Gasteiger partial charge in [0, 0.05) is 6.04 Å². The van der Waals surface area contributed by atoms with E-state index in [4.69, 9.17) is 0 Å². The van der Waals surface area contributed by atoms with Crippen LogP contribution in [0, 0.1) is 5.92 Å². The molecular formula is C11H23NO2S. The molecule has 15 heavy (non-hydrogen) atoms. The van der Waals surface area contributed by atoms with Gasteiger partial charge in [-0.1, -0.05) is 20.3 Å². The lowest BCUT2D eigenvalue weighted by Gasteiger charge is -2.30. The number of hydrogen-bond acceptors (Lipinski definition) is 3. The van der Waals surface area contributed by atoms with E-state index >= 15 is 0 Å². The molecule has 1 aliphatic heterocycles. The van der Waals surface area contributed by atoms with Crippen molar-refractivity contribution in [3.8, 4) is 0 Å². The molecule has 1 unspecified atom stereocenters. The molecule has 0 aromatic rings. The molecule has 4 heteroatoms. The molecule has 0 aliphatic carbocycles. The molecule has 0 amide bonds. The van der Waals surface area contributed by atoms with E-state index in [1.54, 1.807) is 0 Å². The van der Waals surface area contributed by atoms with Crippen molar-refractivity contribution in [2.24, 2.45) is 5.92 Å². The summed E-state index contributed by atoms with van der Waals surface area (Å²) in [5.74, 6) is 1.35. The van der Waals surface area contributed by atoms with Crippen molar-refractivity contribution in [1.29, 1.82) is 0 Å². The predicted octanol–water partition coefficient (Wildman–Crippen LogP) is 1.59. The van der Waals surface area contributed by atoms with Crippen molar-refractivity contribution in [1.82, 2.24) is 5.32 Å².